The number of nitrogens with zero attached hydrogens (tertiary/aromatic N) is 3. The van der Waals surface area contributed by atoms with Crippen molar-refractivity contribution in [3.63, 3.8) is 0 Å². The minimum absolute atomic E-state index is 0.251. The van der Waals surface area contributed by atoms with Gasteiger partial charge in [-0.25, -0.2) is 4.98 Å². The van der Waals surface area contributed by atoms with Gasteiger partial charge in [0.25, 0.3) is 5.91 Å². The second kappa shape index (κ2) is 11.2. The highest BCUT2D eigenvalue weighted by atomic mass is 35.5. The number of halogens is 1. The van der Waals surface area contributed by atoms with Crippen LogP contribution in [0.15, 0.2) is 60.8 Å². The Hall–Kier alpha value is -3.29. The Bertz CT molecular complexity index is 1120. The van der Waals surface area contributed by atoms with Gasteiger partial charge in [0.1, 0.15) is 5.82 Å². The SMILES string of the molecule is COc1cccc(CN2CCCN(c3ccc(NC(=O)c4ccccc4Cl)cn3)CC2)c1OC. The molecule has 0 unspecified atom stereocenters. The average Bonchev–Trinajstić information content (AvgIpc) is 3.10. The van der Waals surface area contributed by atoms with Crippen LogP contribution in [0.3, 0.4) is 0 Å². The van der Waals surface area contributed by atoms with Crippen LogP contribution in [0.25, 0.3) is 0 Å². The fourth-order valence-electron chi connectivity index (χ4n) is 4.17. The third kappa shape index (κ3) is 5.61. The number of hydrogen-bond donors (Lipinski definition) is 1. The molecule has 1 fully saturated rings. The van der Waals surface area contributed by atoms with Gasteiger partial charge in [0.15, 0.2) is 11.5 Å². The molecular weight excluding hydrogens is 452 g/mol. The van der Waals surface area contributed by atoms with Crippen LogP contribution in [0.1, 0.15) is 22.3 Å². The fraction of sp³-hybridized carbons (Fsp3) is 0.308. The number of carbonyl (C=O) groups excluding carboxylic acids is 1. The minimum Gasteiger partial charge on any atom is -0.493 e. The van der Waals surface area contributed by atoms with Crippen molar-refractivity contribution in [1.82, 2.24) is 9.88 Å². The molecule has 0 spiro atoms. The Balaban J connectivity index is 1.36. The van der Waals surface area contributed by atoms with Crippen molar-refractivity contribution < 1.29 is 14.3 Å². The van der Waals surface area contributed by atoms with E-state index in [0.717, 1.165) is 62.0 Å². The van der Waals surface area contributed by atoms with Crippen molar-refractivity contribution >= 4 is 29.0 Å². The van der Waals surface area contributed by atoms with Crippen molar-refractivity contribution in [2.75, 3.05) is 50.6 Å². The van der Waals surface area contributed by atoms with Crippen LogP contribution in [-0.2, 0) is 6.54 Å². The second-order valence-electron chi connectivity index (χ2n) is 8.11. The maximum atomic E-state index is 12.5. The second-order valence-corrected chi connectivity index (χ2v) is 8.52. The van der Waals surface area contributed by atoms with Gasteiger partial charge in [-0.1, -0.05) is 35.9 Å². The average molecular weight is 481 g/mol. The third-order valence-corrected chi connectivity index (χ3v) is 6.24. The van der Waals surface area contributed by atoms with E-state index in [2.05, 4.69) is 26.2 Å². The highest BCUT2D eigenvalue weighted by molar-refractivity contribution is 6.34. The number of nitrogens with one attached hydrogen (secondary N) is 1. The first kappa shape index (κ1) is 23.9. The Morgan fingerprint density at radius 1 is 1.00 bits per heavy atom. The van der Waals surface area contributed by atoms with Crippen LogP contribution in [0, 0.1) is 0 Å². The van der Waals surface area contributed by atoms with Gasteiger partial charge in [0, 0.05) is 38.3 Å². The number of rotatable bonds is 7. The Labute approximate surface area is 205 Å². The van der Waals surface area contributed by atoms with Gasteiger partial charge in [-0.2, -0.15) is 0 Å². The van der Waals surface area contributed by atoms with E-state index in [1.807, 2.05) is 24.3 Å². The zero-order valence-electron chi connectivity index (χ0n) is 19.5. The lowest BCUT2D eigenvalue weighted by atomic mass is 10.1. The lowest BCUT2D eigenvalue weighted by molar-refractivity contribution is 0.102. The van der Waals surface area contributed by atoms with Gasteiger partial charge in [-0.15, -0.1) is 0 Å². The van der Waals surface area contributed by atoms with E-state index >= 15 is 0 Å². The molecule has 2 heterocycles. The summed E-state index contributed by atoms with van der Waals surface area (Å²) in [6, 6.07) is 16.8. The van der Waals surface area contributed by atoms with Crippen molar-refractivity contribution in [2.45, 2.75) is 13.0 Å². The summed E-state index contributed by atoms with van der Waals surface area (Å²) in [5.41, 5.74) is 2.19. The number of aromatic nitrogens is 1. The van der Waals surface area contributed by atoms with E-state index in [4.69, 9.17) is 21.1 Å². The quantitative estimate of drug-likeness (QED) is 0.528. The Morgan fingerprint density at radius 3 is 2.59 bits per heavy atom. The molecule has 34 heavy (non-hydrogen) atoms. The van der Waals surface area contributed by atoms with Gasteiger partial charge in [-0.05, 0) is 36.8 Å². The summed E-state index contributed by atoms with van der Waals surface area (Å²) in [5.74, 6) is 2.19. The molecule has 1 aliphatic heterocycles. The molecule has 2 aromatic carbocycles. The van der Waals surface area contributed by atoms with Gasteiger partial charge in [-0.3, -0.25) is 9.69 Å². The predicted molar refractivity (Wildman–Crippen MR) is 135 cm³/mol. The molecule has 8 heteroatoms. The molecule has 3 aromatic rings. The molecule has 0 saturated carbocycles. The number of hydrogen-bond acceptors (Lipinski definition) is 6. The molecule has 0 bridgehead atoms. The van der Waals surface area contributed by atoms with Crippen molar-refractivity contribution in [2.24, 2.45) is 0 Å². The van der Waals surface area contributed by atoms with Crippen LogP contribution >= 0.6 is 11.6 Å². The summed E-state index contributed by atoms with van der Waals surface area (Å²) in [7, 11) is 3.34. The largest absolute Gasteiger partial charge is 0.493 e. The number of pyridine rings is 1. The highest BCUT2D eigenvalue weighted by Gasteiger charge is 2.19. The normalized spacial score (nSPS) is 14.4. The van der Waals surface area contributed by atoms with Gasteiger partial charge < -0.3 is 19.7 Å². The van der Waals surface area contributed by atoms with E-state index in [1.165, 1.54) is 0 Å². The van der Waals surface area contributed by atoms with E-state index in [-0.39, 0.29) is 5.91 Å². The summed E-state index contributed by atoms with van der Waals surface area (Å²) >= 11 is 6.12. The number of ether oxygens (including phenoxy) is 2. The third-order valence-electron chi connectivity index (χ3n) is 5.92. The molecule has 0 radical (unpaired) electrons. The Morgan fingerprint density at radius 2 is 1.85 bits per heavy atom. The van der Waals surface area contributed by atoms with E-state index in [9.17, 15) is 4.79 Å². The number of anilines is 2. The number of amides is 1. The summed E-state index contributed by atoms with van der Waals surface area (Å²) in [6.45, 7) is 4.49. The predicted octanol–water partition coefficient (Wildman–Crippen LogP) is 4.72. The van der Waals surface area contributed by atoms with Crippen LogP contribution in [0.4, 0.5) is 11.5 Å². The molecule has 0 atom stereocenters. The van der Waals surface area contributed by atoms with E-state index in [0.29, 0.717) is 16.3 Å². The zero-order valence-corrected chi connectivity index (χ0v) is 20.2. The molecule has 178 valence electrons. The van der Waals surface area contributed by atoms with Crippen molar-refractivity contribution in [3.05, 3.63) is 76.9 Å². The molecule has 1 N–H and O–H groups in total. The van der Waals surface area contributed by atoms with Crippen molar-refractivity contribution in [1.29, 1.82) is 0 Å². The first-order valence-corrected chi connectivity index (χ1v) is 11.7. The van der Waals surface area contributed by atoms with Crippen molar-refractivity contribution in [3.8, 4) is 11.5 Å². The topological polar surface area (TPSA) is 66.9 Å². The maximum absolute atomic E-state index is 12.5. The molecule has 1 aliphatic rings. The lowest BCUT2D eigenvalue weighted by Gasteiger charge is -2.23. The summed E-state index contributed by atoms with van der Waals surface area (Å²) in [4.78, 5) is 21.8. The summed E-state index contributed by atoms with van der Waals surface area (Å²) in [6.07, 6.45) is 2.72. The van der Waals surface area contributed by atoms with Crippen LogP contribution in [-0.4, -0.2) is 56.2 Å². The summed E-state index contributed by atoms with van der Waals surface area (Å²) < 4.78 is 11.0. The van der Waals surface area contributed by atoms with Crippen LogP contribution in [0.5, 0.6) is 11.5 Å². The fourth-order valence-corrected chi connectivity index (χ4v) is 4.39. The van der Waals surface area contributed by atoms with Gasteiger partial charge >= 0.3 is 0 Å². The number of carbonyl (C=O) groups is 1. The first-order valence-electron chi connectivity index (χ1n) is 11.3. The summed E-state index contributed by atoms with van der Waals surface area (Å²) in [5, 5.41) is 3.28. The molecule has 0 aliphatic carbocycles. The monoisotopic (exact) mass is 480 g/mol. The molecule has 7 nitrogen and oxygen atoms in total. The zero-order chi connectivity index (χ0) is 23.9. The maximum Gasteiger partial charge on any atom is 0.257 e. The highest BCUT2D eigenvalue weighted by Crippen LogP contribution is 2.31. The molecule has 1 amide bonds. The molecule has 1 saturated heterocycles. The van der Waals surface area contributed by atoms with E-state index in [1.54, 1.807) is 44.7 Å². The van der Waals surface area contributed by atoms with Gasteiger partial charge in [0.05, 0.1) is 36.7 Å². The number of methoxy groups -OCH3 is 2. The minimum atomic E-state index is -0.251. The number of benzene rings is 2. The lowest BCUT2D eigenvalue weighted by Crippen LogP contribution is -2.31. The molecule has 1 aromatic heterocycles. The van der Waals surface area contributed by atoms with Crippen LogP contribution < -0.4 is 19.7 Å². The van der Waals surface area contributed by atoms with E-state index < -0.39 is 0 Å². The smallest absolute Gasteiger partial charge is 0.257 e. The number of para-hydroxylation sites is 1. The molecular formula is C26H29ClN4O3. The van der Waals surface area contributed by atoms with Gasteiger partial charge in [0.2, 0.25) is 0 Å². The van der Waals surface area contributed by atoms with Crippen LogP contribution in [0.2, 0.25) is 5.02 Å². The standard InChI is InChI=1S/C26H29ClN4O3/c1-33-23-10-5-7-19(25(23)34-2)18-30-13-6-14-31(16-15-30)24-12-11-20(17-28-24)29-26(32)21-8-3-4-9-22(21)27/h3-5,7-12,17H,6,13-16,18H2,1-2H3,(H,29,32). The Kier molecular flexibility index (Phi) is 7.87. The first-order chi connectivity index (χ1) is 16.6. The molecule has 4 rings (SSSR count).